The van der Waals surface area contributed by atoms with Gasteiger partial charge in [-0.3, -0.25) is 0 Å². The summed E-state index contributed by atoms with van der Waals surface area (Å²) in [6.07, 6.45) is 0.593. The summed E-state index contributed by atoms with van der Waals surface area (Å²) in [6.45, 7) is 1.86. The van der Waals surface area contributed by atoms with Gasteiger partial charge in [0.25, 0.3) is 0 Å². The van der Waals surface area contributed by atoms with E-state index in [9.17, 15) is 8.78 Å². The van der Waals surface area contributed by atoms with E-state index in [-0.39, 0.29) is 11.5 Å². The molecule has 1 aromatic carbocycles. The number of nitrogens with zero attached hydrogens (tertiary/aromatic N) is 2. The van der Waals surface area contributed by atoms with Gasteiger partial charge in [0.05, 0.1) is 18.0 Å². The van der Waals surface area contributed by atoms with Crippen LogP contribution in [0.25, 0.3) is 0 Å². The average molecular weight is 238 g/mol. The van der Waals surface area contributed by atoms with Gasteiger partial charge in [0.1, 0.15) is 11.6 Å². The molecule has 0 saturated heterocycles. The second-order valence-corrected chi connectivity index (χ2v) is 4.22. The minimum absolute atomic E-state index is 0.239. The standard InChI is InChI=1S/C13H16F2N2/c1-4-9(8-16)13(17(2)3)11-7-10(14)5-6-12(11)15/h5-7,9,13H,4H2,1-3H3. The van der Waals surface area contributed by atoms with Crippen LogP contribution in [0, 0.1) is 28.9 Å². The number of nitriles is 1. The molecule has 0 bridgehead atoms. The molecule has 0 aliphatic carbocycles. The van der Waals surface area contributed by atoms with Crippen molar-refractivity contribution in [3.05, 3.63) is 35.4 Å². The molecule has 2 nitrogen and oxygen atoms in total. The molecule has 92 valence electrons. The first-order valence-electron chi connectivity index (χ1n) is 5.52. The van der Waals surface area contributed by atoms with Crippen molar-refractivity contribution in [2.45, 2.75) is 19.4 Å². The van der Waals surface area contributed by atoms with Crippen molar-refractivity contribution in [3.8, 4) is 6.07 Å². The highest BCUT2D eigenvalue weighted by atomic mass is 19.1. The lowest BCUT2D eigenvalue weighted by Gasteiger charge is -2.28. The smallest absolute Gasteiger partial charge is 0.128 e. The van der Waals surface area contributed by atoms with Crippen molar-refractivity contribution in [1.82, 2.24) is 4.90 Å². The van der Waals surface area contributed by atoms with Crippen LogP contribution in [0.1, 0.15) is 24.9 Å². The first-order chi connectivity index (χ1) is 8.01. The van der Waals surface area contributed by atoms with Crippen LogP contribution in [0.5, 0.6) is 0 Å². The Hall–Kier alpha value is -1.47. The van der Waals surface area contributed by atoms with E-state index < -0.39 is 17.7 Å². The van der Waals surface area contributed by atoms with Gasteiger partial charge in [-0.2, -0.15) is 5.26 Å². The van der Waals surface area contributed by atoms with Crippen LogP contribution in [0.15, 0.2) is 18.2 Å². The van der Waals surface area contributed by atoms with Crippen molar-refractivity contribution in [1.29, 1.82) is 5.26 Å². The Morgan fingerprint density at radius 3 is 2.47 bits per heavy atom. The summed E-state index contributed by atoms with van der Waals surface area (Å²) in [5.41, 5.74) is 0.239. The second kappa shape index (κ2) is 5.74. The fourth-order valence-electron chi connectivity index (χ4n) is 1.98. The van der Waals surface area contributed by atoms with E-state index in [0.29, 0.717) is 6.42 Å². The van der Waals surface area contributed by atoms with E-state index in [2.05, 4.69) is 6.07 Å². The van der Waals surface area contributed by atoms with Crippen molar-refractivity contribution < 1.29 is 8.78 Å². The Kier molecular flexibility index (Phi) is 4.59. The van der Waals surface area contributed by atoms with Crippen LogP contribution in [-0.2, 0) is 0 Å². The van der Waals surface area contributed by atoms with Crippen LogP contribution in [0.3, 0.4) is 0 Å². The summed E-state index contributed by atoms with van der Waals surface area (Å²) >= 11 is 0. The van der Waals surface area contributed by atoms with E-state index in [1.54, 1.807) is 19.0 Å². The lowest BCUT2D eigenvalue weighted by Crippen LogP contribution is -2.27. The zero-order valence-corrected chi connectivity index (χ0v) is 10.2. The quantitative estimate of drug-likeness (QED) is 0.805. The maximum Gasteiger partial charge on any atom is 0.128 e. The molecule has 1 rings (SSSR count). The highest BCUT2D eigenvalue weighted by molar-refractivity contribution is 5.24. The van der Waals surface area contributed by atoms with Crippen LogP contribution in [-0.4, -0.2) is 19.0 Å². The number of hydrogen-bond acceptors (Lipinski definition) is 2. The number of benzene rings is 1. The third-order valence-corrected chi connectivity index (χ3v) is 2.82. The number of rotatable bonds is 4. The van der Waals surface area contributed by atoms with Crippen LogP contribution >= 0.6 is 0 Å². The highest BCUT2D eigenvalue weighted by Crippen LogP contribution is 2.30. The van der Waals surface area contributed by atoms with Gasteiger partial charge in [0, 0.05) is 5.56 Å². The van der Waals surface area contributed by atoms with Gasteiger partial charge >= 0.3 is 0 Å². The molecule has 0 N–H and O–H groups in total. The van der Waals surface area contributed by atoms with Crippen molar-refractivity contribution in [2.24, 2.45) is 5.92 Å². The summed E-state index contributed by atoms with van der Waals surface area (Å²) in [5, 5.41) is 9.07. The molecule has 0 radical (unpaired) electrons. The summed E-state index contributed by atoms with van der Waals surface area (Å²) in [7, 11) is 3.52. The second-order valence-electron chi connectivity index (χ2n) is 4.22. The van der Waals surface area contributed by atoms with E-state index >= 15 is 0 Å². The minimum atomic E-state index is -0.485. The molecule has 0 aliphatic heterocycles. The maximum atomic E-state index is 13.7. The van der Waals surface area contributed by atoms with Crippen molar-refractivity contribution >= 4 is 0 Å². The van der Waals surface area contributed by atoms with Gasteiger partial charge in [-0.15, -0.1) is 0 Å². The predicted molar refractivity (Wildman–Crippen MR) is 62.2 cm³/mol. The molecule has 0 aliphatic rings. The summed E-state index contributed by atoms with van der Waals surface area (Å²) < 4.78 is 26.9. The van der Waals surface area contributed by atoms with Gasteiger partial charge in [0.2, 0.25) is 0 Å². The zero-order valence-electron chi connectivity index (χ0n) is 10.2. The van der Waals surface area contributed by atoms with E-state index in [1.807, 2.05) is 6.92 Å². The molecule has 0 saturated carbocycles. The molecule has 2 atom stereocenters. The lowest BCUT2D eigenvalue weighted by atomic mass is 9.91. The monoisotopic (exact) mass is 238 g/mol. The molecule has 2 unspecified atom stereocenters. The molecule has 4 heteroatoms. The van der Waals surface area contributed by atoms with Crippen molar-refractivity contribution in [3.63, 3.8) is 0 Å². The lowest BCUT2D eigenvalue weighted by molar-refractivity contribution is 0.235. The van der Waals surface area contributed by atoms with E-state index in [1.165, 1.54) is 6.07 Å². The molecular formula is C13H16F2N2. The average Bonchev–Trinajstić information content (AvgIpc) is 2.29. The molecule has 0 amide bonds. The fraction of sp³-hybridized carbons (Fsp3) is 0.462. The molecule has 1 aromatic rings. The molecule has 0 fully saturated rings. The van der Waals surface area contributed by atoms with Gasteiger partial charge < -0.3 is 4.90 Å². The largest absolute Gasteiger partial charge is 0.301 e. The first-order valence-corrected chi connectivity index (χ1v) is 5.52. The molecule has 0 spiro atoms. The number of halogens is 2. The van der Waals surface area contributed by atoms with Gasteiger partial charge in [-0.1, -0.05) is 6.92 Å². The first kappa shape index (κ1) is 13.6. The Bertz CT molecular complexity index is 424. The Morgan fingerprint density at radius 1 is 1.35 bits per heavy atom. The van der Waals surface area contributed by atoms with Gasteiger partial charge in [-0.05, 0) is 38.7 Å². The minimum Gasteiger partial charge on any atom is -0.301 e. The van der Waals surface area contributed by atoms with Crippen LogP contribution in [0.4, 0.5) is 8.78 Å². The third-order valence-electron chi connectivity index (χ3n) is 2.82. The Morgan fingerprint density at radius 2 is 2.00 bits per heavy atom. The predicted octanol–water partition coefficient (Wildman–Crippen LogP) is 3.12. The Labute approximate surface area is 100 Å². The topological polar surface area (TPSA) is 27.0 Å². The summed E-state index contributed by atoms with van der Waals surface area (Å²) in [5.74, 6) is -1.32. The summed E-state index contributed by atoms with van der Waals surface area (Å²) in [6, 6.07) is 5.07. The molecule has 0 aromatic heterocycles. The highest BCUT2D eigenvalue weighted by Gasteiger charge is 2.26. The van der Waals surface area contributed by atoms with Crippen LogP contribution < -0.4 is 0 Å². The number of hydrogen-bond donors (Lipinski definition) is 0. The van der Waals surface area contributed by atoms with Crippen LogP contribution in [0.2, 0.25) is 0 Å². The fourth-order valence-corrected chi connectivity index (χ4v) is 1.98. The SMILES string of the molecule is CCC(C#N)C(c1cc(F)ccc1F)N(C)C. The normalized spacial score (nSPS) is 14.4. The zero-order chi connectivity index (χ0) is 13.0. The molecule has 17 heavy (non-hydrogen) atoms. The molecule has 0 heterocycles. The van der Waals surface area contributed by atoms with Gasteiger partial charge in [-0.25, -0.2) is 8.78 Å². The summed E-state index contributed by atoms with van der Waals surface area (Å²) in [4.78, 5) is 1.75. The van der Waals surface area contributed by atoms with Gasteiger partial charge in [0.15, 0.2) is 0 Å². The van der Waals surface area contributed by atoms with E-state index in [4.69, 9.17) is 5.26 Å². The van der Waals surface area contributed by atoms with E-state index in [0.717, 1.165) is 12.1 Å². The van der Waals surface area contributed by atoms with Crippen molar-refractivity contribution in [2.75, 3.05) is 14.1 Å². The maximum absolute atomic E-state index is 13.7. The Balaban J connectivity index is 3.23. The third kappa shape index (κ3) is 3.01. The molecular weight excluding hydrogens is 222 g/mol.